The van der Waals surface area contributed by atoms with Crippen LogP contribution in [0.3, 0.4) is 0 Å². The van der Waals surface area contributed by atoms with Crippen molar-refractivity contribution < 1.29 is 14.3 Å². The van der Waals surface area contributed by atoms with Crippen molar-refractivity contribution in [3.8, 4) is 11.5 Å². The number of unbranched alkanes of at least 4 members (excludes halogenated alkanes) is 1. The van der Waals surface area contributed by atoms with Crippen LogP contribution in [0.25, 0.3) is 10.9 Å². The maximum atomic E-state index is 13.1. The van der Waals surface area contributed by atoms with Crippen LogP contribution >= 0.6 is 0 Å². The average Bonchev–Trinajstić information content (AvgIpc) is 2.76. The van der Waals surface area contributed by atoms with Gasteiger partial charge in [0.1, 0.15) is 11.5 Å². The Labute approximate surface area is 170 Å². The van der Waals surface area contributed by atoms with Crippen molar-refractivity contribution in [1.29, 1.82) is 0 Å². The number of aromatic amines is 1. The molecule has 0 aliphatic heterocycles. The van der Waals surface area contributed by atoms with Gasteiger partial charge in [-0.1, -0.05) is 13.3 Å². The number of nitrogens with one attached hydrogen (secondary N) is 1. The second-order valence-corrected chi connectivity index (χ2v) is 6.89. The SMILES string of the molecule is CCCCN(Cc1cc2ccc(OC)cc2[nH]c1=O)C(=O)c1ccc(OC)cc1. The first kappa shape index (κ1) is 20.5. The van der Waals surface area contributed by atoms with Crippen molar-refractivity contribution in [3.05, 3.63) is 70.0 Å². The summed E-state index contributed by atoms with van der Waals surface area (Å²) in [6.45, 7) is 2.91. The monoisotopic (exact) mass is 394 g/mol. The van der Waals surface area contributed by atoms with Gasteiger partial charge in [0.15, 0.2) is 0 Å². The minimum absolute atomic E-state index is 0.102. The number of fused-ring (bicyclic) bond motifs is 1. The third-order valence-electron chi connectivity index (χ3n) is 4.90. The molecule has 1 aromatic heterocycles. The fraction of sp³-hybridized carbons (Fsp3) is 0.304. The van der Waals surface area contributed by atoms with Gasteiger partial charge in [0.25, 0.3) is 11.5 Å². The van der Waals surface area contributed by atoms with Crippen LogP contribution in [0.1, 0.15) is 35.7 Å². The van der Waals surface area contributed by atoms with Crippen molar-refractivity contribution in [2.75, 3.05) is 20.8 Å². The Hall–Kier alpha value is -3.28. The molecule has 0 saturated carbocycles. The smallest absolute Gasteiger partial charge is 0.254 e. The lowest BCUT2D eigenvalue weighted by Gasteiger charge is -2.23. The molecule has 3 aromatic rings. The number of carbonyl (C=O) groups is 1. The van der Waals surface area contributed by atoms with E-state index in [1.807, 2.05) is 18.2 Å². The first-order chi connectivity index (χ1) is 14.0. The van der Waals surface area contributed by atoms with Crippen LogP contribution in [-0.2, 0) is 6.54 Å². The number of hydrogen-bond acceptors (Lipinski definition) is 4. The molecule has 29 heavy (non-hydrogen) atoms. The summed E-state index contributed by atoms with van der Waals surface area (Å²) in [5, 5.41) is 0.896. The maximum Gasteiger partial charge on any atom is 0.254 e. The number of ether oxygens (including phenoxy) is 2. The van der Waals surface area contributed by atoms with Crippen molar-refractivity contribution in [2.24, 2.45) is 0 Å². The van der Waals surface area contributed by atoms with Crippen LogP contribution < -0.4 is 15.0 Å². The number of H-pyrrole nitrogens is 1. The topological polar surface area (TPSA) is 71.6 Å². The molecule has 1 amide bonds. The summed E-state index contributed by atoms with van der Waals surface area (Å²) in [6.07, 6.45) is 1.82. The highest BCUT2D eigenvalue weighted by atomic mass is 16.5. The first-order valence-electron chi connectivity index (χ1n) is 9.69. The molecular formula is C23H26N2O4. The van der Waals surface area contributed by atoms with E-state index in [2.05, 4.69) is 11.9 Å². The van der Waals surface area contributed by atoms with Gasteiger partial charge in [0.2, 0.25) is 0 Å². The number of benzene rings is 2. The van der Waals surface area contributed by atoms with Gasteiger partial charge >= 0.3 is 0 Å². The third kappa shape index (κ3) is 4.77. The second-order valence-electron chi connectivity index (χ2n) is 6.89. The number of amides is 1. The number of carbonyl (C=O) groups excluding carboxylic acids is 1. The Kier molecular flexibility index (Phi) is 6.54. The Bertz CT molecular complexity index is 1040. The van der Waals surface area contributed by atoms with Gasteiger partial charge in [0, 0.05) is 23.7 Å². The molecule has 0 aliphatic carbocycles. The van der Waals surface area contributed by atoms with Gasteiger partial charge in [-0.25, -0.2) is 0 Å². The molecule has 0 atom stereocenters. The second kappa shape index (κ2) is 9.28. The number of nitrogens with zero attached hydrogens (tertiary/aromatic N) is 1. The van der Waals surface area contributed by atoms with Crippen LogP contribution in [0.15, 0.2) is 53.3 Å². The molecule has 1 heterocycles. The van der Waals surface area contributed by atoms with Crippen LogP contribution in [0, 0.1) is 0 Å². The molecule has 3 rings (SSSR count). The number of methoxy groups -OCH3 is 2. The quantitative estimate of drug-likeness (QED) is 0.627. The largest absolute Gasteiger partial charge is 0.497 e. The van der Waals surface area contributed by atoms with E-state index in [0.29, 0.717) is 34.7 Å². The van der Waals surface area contributed by atoms with Gasteiger partial charge in [-0.2, -0.15) is 0 Å². The minimum atomic E-state index is -0.199. The van der Waals surface area contributed by atoms with E-state index in [-0.39, 0.29) is 18.0 Å². The van der Waals surface area contributed by atoms with E-state index in [4.69, 9.17) is 9.47 Å². The first-order valence-corrected chi connectivity index (χ1v) is 9.69. The van der Waals surface area contributed by atoms with Crippen molar-refractivity contribution >= 4 is 16.8 Å². The zero-order chi connectivity index (χ0) is 20.8. The van der Waals surface area contributed by atoms with Crippen LogP contribution in [0.2, 0.25) is 0 Å². The van der Waals surface area contributed by atoms with Crippen LogP contribution in [-0.4, -0.2) is 36.6 Å². The molecule has 6 nitrogen and oxygen atoms in total. The molecule has 0 radical (unpaired) electrons. The molecule has 6 heteroatoms. The van der Waals surface area contributed by atoms with Crippen molar-refractivity contribution in [2.45, 2.75) is 26.3 Å². The Balaban J connectivity index is 1.90. The lowest BCUT2D eigenvalue weighted by molar-refractivity contribution is 0.0740. The zero-order valence-corrected chi connectivity index (χ0v) is 17.0. The summed E-state index contributed by atoms with van der Waals surface area (Å²) >= 11 is 0. The fourth-order valence-electron chi connectivity index (χ4n) is 3.19. The molecule has 0 spiro atoms. The number of rotatable bonds is 8. The van der Waals surface area contributed by atoms with Gasteiger partial charge in [-0.05, 0) is 54.3 Å². The Morgan fingerprint density at radius 3 is 2.34 bits per heavy atom. The summed E-state index contributed by atoms with van der Waals surface area (Å²) in [5.74, 6) is 1.28. The lowest BCUT2D eigenvalue weighted by Crippen LogP contribution is -2.33. The van der Waals surface area contributed by atoms with Gasteiger partial charge in [0.05, 0.1) is 26.3 Å². The summed E-state index contributed by atoms with van der Waals surface area (Å²) in [5.41, 5.74) is 1.64. The molecule has 0 saturated heterocycles. The predicted octanol–water partition coefficient (Wildman–Crippen LogP) is 3.99. The highest BCUT2D eigenvalue weighted by molar-refractivity contribution is 5.94. The average molecular weight is 394 g/mol. The molecule has 1 N–H and O–H groups in total. The van der Waals surface area contributed by atoms with Gasteiger partial charge in [-0.15, -0.1) is 0 Å². The van der Waals surface area contributed by atoms with E-state index in [0.717, 1.165) is 18.2 Å². The molecule has 0 aliphatic rings. The van der Waals surface area contributed by atoms with Gasteiger partial charge < -0.3 is 19.4 Å². The fourth-order valence-corrected chi connectivity index (χ4v) is 3.19. The summed E-state index contributed by atoms with van der Waals surface area (Å²) in [6, 6.07) is 14.4. The summed E-state index contributed by atoms with van der Waals surface area (Å²) in [7, 11) is 3.18. The highest BCUT2D eigenvalue weighted by Gasteiger charge is 2.18. The van der Waals surface area contributed by atoms with E-state index < -0.39 is 0 Å². The third-order valence-corrected chi connectivity index (χ3v) is 4.90. The maximum absolute atomic E-state index is 13.1. The van der Waals surface area contributed by atoms with Gasteiger partial charge in [-0.3, -0.25) is 9.59 Å². The van der Waals surface area contributed by atoms with Crippen LogP contribution in [0.5, 0.6) is 11.5 Å². The van der Waals surface area contributed by atoms with Crippen LogP contribution in [0.4, 0.5) is 0 Å². The summed E-state index contributed by atoms with van der Waals surface area (Å²) in [4.78, 5) is 30.3. The molecule has 152 valence electrons. The summed E-state index contributed by atoms with van der Waals surface area (Å²) < 4.78 is 10.4. The minimum Gasteiger partial charge on any atom is -0.497 e. The van der Waals surface area contributed by atoms with E-state index >= 15 is 0 Å². The highest BCUT2D eigenvalue weighted by Crippen LogP contribution is 2.20. The predicted molar refractivity (Wildman–Crippen MR) is 114 cm³/mol. The Morgan fingerprint density at radius 2 is 1.69 bits per heavy atom. The van der Waals surface area contributed by atoms with E-state index in [9.17, 15) is 9.59 Å². The molecule has 0 unspecified atom stereocenters. The Morgan fingerprint density at radius 1 is 1.00 bits per heavy atom. The van der Waals surface area contributed by atoms with E-state index in [1.54, 1.807) is 49.5 Å². The number of aromatic nitrogens is 1. The molecule has 0 bridgehead atoms. The van der Waals surface area contributed by atoms with Crippen molar-refractivity contribution in [3.63, 3.8) is 0 Å². The molecule has 2 aromatic carbocycles. The molecule has 0 fully saturated rings. The van der Waals surface area contributed by atoms with E-state index in [1.165, 1.54) is 0 Å². The van der Waals surface area contributed by atoms with Crippen molar-refractivity contribution in [1.82, 2.24) is 9.88 Å². The zero-order valence-electron chi connectivity index (χ0n) is 17.0. The number of pyridine rings is 1. The standard InChI is InChI=1S/C23H26N2O4/c1-4-5-12-25(23(27)16-6-9-19(28-2)10-7-16)15-18-13-17-8-11-20(29-3)14-21(17)24-22(18)26/h6-11,13-14H,4-5,12,15H2,1-3H3,(H,24,26). The number of hydrogen-bond donors (Lipinski definition) is 1. The normalized spacial score (nSPS) is 10.7. The molecular weight excluding hydrogens is 368 g/mol. The lowest BCUT2D eigenvalue weighted by atomic mass is 10.1.